The molecule has 0 aromatic carbocycles. The van der Waals surface area contributed by atoms with E-state index in [4.69, 9.17) is 5.11 Å². The first kappa shape index (κ1) is 10.7. The maximum absolute atomic E-state index is 10.8. The summed E-state index contributed by atoms with van der Waals surface area (Å²) in [5.74, 6) is -1.13. The minimum atomic E-state index is -0.764. The van der Waals surface area contributed by atoms with E-state index in [-0.39, 0.29) is 5.92 Å². The van der Waals surface area contributed by atoms with E-state index in [1.807, 2.05) is 35.9 Å². The molecule has 0 saturated heterocycles. The molecule has 1 N–H and O–H groups in total. The number of aryl methyl sites for hydroxylation is 1. The molecule has 0 spiro atoms. The standard InChI is InChI=1S/C12H14N2O2/c1-8(12(15)16)5-10-3-4-14-7-9(2)13-11(14)6-10/h3-4,6-8H,5H2,1-2H3,(H,15,16). The molecule has 1 atom stereocenters. The third-order valence-electron chi connectivity index (χ3n) is 2.61. The lowest BCUT2D eigenvalue weighted by molar-refractivity contribution is -0.141. The minimum Gasteiger partial charge on any atom is -0.481 e. The van der Waals surface area contributed by atoms with E-state index in [1.165, 1.54) is 0 Å². The van der Waals surface area contributed by atoms with Crippen LogP contribution in [0.2, 0.25) is 0 Å². The van der Waals surface area contributed by atoms with Crippen LogP contribution in [0.3, 0.4) is 0 Å². The van der Waals surface area contributed by atoms with E-state index in [9.17, 15) is 4.79 Å². The first-order chi connectivity index (χ1) is 7.56. The van der Waals surface area contributed by atoms with Crippen molar-refractivity contribution in [3.05, 3.63) is 35.8 Å². The second-order valence-corrected chi connectivity index (χ2v) is 4.13. The number of carboxylic acid groups (broad SMARTS) is 1. The summed E-state index contributed by atoms with van der Waals surface area (Å²) in [5.41, 5.74) is 2.84. The highest BCUT2D eigenvalue weighted by atomic mass is 16.4. The first-order valence-corrected chi connectivity index (χ1v) is 5.23. The molecule has 2 aromatic heterocycles. The van der Waals surface area contributed by atoms with Gasteiger partial charge in [-0.15, -0.1) is 0 Å². The average molecular weight is 218 g/mol. The number of aliphatic carboxylic acids is 1. The fraction of sp³-hybridized carbons (Fsp3) is 0.333. The molecular weight excluding hydrogens is 204 g/mol. The van der Waals surface area contributed by atoms with Crippen LogP contribution in [-0.4, -0.2) is 20.5 Å². The normalized spacial score (nSPS) is 12.9. The highest BCUT2D eigenvalue weighted by Gasteiger charge is 2.11. The van der Waals surface area contributed by atoms with Gasteiger partial charge >= 0.3 is 5.97 Å². The smallest absolute Gasteiger partial charge is 0.306 e. The summed E-state index contributed by atoms with van der Waals surface area (Å²) in [6, 6.07) is 3.88. The summed E-state index contributed by atoms with van der Waals surface area (Å²) in [6.45, 7) is 3.65. The van der Waals surface area contributed by atoms with Crippen molar-refractivity contribution >= 4 is 11.6 Å². The summed E-state index contributed by atoms with van der Waals surface area (Å²) in [7, 11) is 0. The Labute approximate surface area is 93.5 Å². The van der Waals surface area contributed by atoms with Gasteiger partial charge in [-0.05, 0) is 31.0 Å². The van der Waals surface area contributed by atoms with Gasteiger partial charge in [0, 0.05) is 12.4 Å². The van der Waals surface area contributed by atoms with Crippen LogP contribution in [0.1, 0.15) is 18.2 Å². The summed E-state index contributed by atoms with van der Waals surface area (Å²) in [5, 5.41) is 8.84. The molecule has 0 aliphatic rings. The van der Waals surface area contributed by atoms with Crippen LogP contribution in [0.5, 0.6) is 0 Å². The SMILES string of the molecule is Cc1cn2ccc(CC(C)C(=O)O)cc2n1. The third kappa shape index (κ3) is 2.05. The maximum Gasteiger partial charge on any atom is 0.306 e. The highest BCUT2D eigenvalue weighted by Crippen LogP contribution is 2.12. The molecule has 2 heterocycles. The molecule has 2 rings (SSSR count). The number of hydrogen-bond acceptors (Lipinski definition) is 2. The van der Waals surface area contributed by atoms with Crippen LogP contribution >= 0.6 is 0 Å². The van der Waals surface area contributed by atoms with E-state index in [2.05, 4.69) is 4.98 Å². The fourth-order valence-corrected chi connectivity index (χ4v) is 1.72. The van der Waals surface area contributed by atoms with Gasteiger partial charge in [0.1, 0.15) is 5.65 Å². The Balaban J connectivity index is 2.28. The number of aromatic nitrogens is 2. The van der Waals surface area contributed by atoms with Crippen molar-refractivity contribution in [2.45, 2.75) is 20.3 Å². The third-order valence-corrected chi connectivity index (χ3v) is 2.61. The van der Waals surface area contributed by atoms with Crippen LogP contribution in [0.15, 0.2) is 24.5 Å². The van der Waals surface area contributed by atoms with E-state index in [0.717, 1.165) is 16.9 Å². The van der Waals surface area contributed by atoms with Gasteiger partial charge in [0.25, 0.3) is 0 Å². The second-order valence-electron chi connectivity index (χ2n) is 4.13. The average Bonchev–Trinajstić information content (AvgIpc) is 2.57. The van der Waals surface area contributed by atoms with Crippen molar-refractivity contribution in [2.75, 3.05) is 0 Å². The van der Waals surface area contributed by atoms with Gasteiger partial charge in [0.15, 0.2) is 0 Å². The number of pyridine rings is 1. The fourth-order valence-electron chi connectivity index (χ4n) is 1.72. The number of rotatable bonds is 3. The molecule has 0 aliphatic carbocycles. The lowest BCUT2D eigenvalue weighted by Crippen LogP contribution is -2.12. The van der Waals surface area contributed by atoms with Crippen LogP contribution in [0, 0.1) is 12.8 Å². The number of nitrogens with zero attached hydrogens (tertiary/aromatic N) is 2. The Bertz CT molecular complexity index is 531. The van der Waals surface area contributed by atoms with Crippen LogP contribution in [0.25, 0.3) is 5.65 Å². The number of carboxylic acids is 1. The quantitative estimate of drug-likeness (QED) is 0.856. The lowest BCUT2D eigenvalue weighted by Gasteiger charge is -2.06. The van der Waals surface area contributed by atoms with E-state index >= 15 is 0 Å². The molecule has 0 bridgehead atoms. The van der Waals surface area contributed by atoms with Crippen LogP contribution in [0.4, 0.5) is 0 Å². The van der Waals surface area contributed by atoms with E-state index in [0.29, 0.717) is 6.42 Å². The number of fused-ring (bicyclic) bond motifs is 1. The Hall–Kier alpha value is -1.84. The largest absolute Gasteiger partial charge is 0.481 e. The highest BCUT2D eigenvalue weighted by molar-refractivity contribution is 5.70. The number of imidazole rings is 1. The molecule has 0 saturated carbocycles. The molecule has 4 nitrogen and oxygen atoms in total. The van der Waals surface area contributed by atoms with Crippen molar-refractivity contribution in [1.29, 1.82) is 0 Å². The van der Waals surface area contributed by atoms with E-state index < -0.39 is 5.97 Å². The van der Waals surface area contributed by atoms with Crippen LogP contribution in [-0.2, 0) is 11.2 Å². The Morgan fingerprint density at radius 1 is 1.62 bits per heavy atom. The van der Waals surface area contributed by atoms with Gasteiger partial charge in [0.05, 0.1) is 11.6 Å². The molecule has 16 heavy (non-hydrogen) atoms. The van der Waals surface area contributed by atoms with Gasteiger partial charge < -0.3 is 9.51 Å². The molecule has 1 unspecified atom stereocenters. The zero-order valence-electron chi connectivity index (χ0n) is 9.34. The molecule has 2 aromatic rings. The second kappa shape index (κ2) is 3.96. The van der Waals surface area contributed by atoms with Crippen molar-refractivity contribution < 1.29 is 9.90 Å². The van der Waals surface area contributed by atoms with Gasteiger partial charge in [0.2, 0.25) is 0 Å². The predicted molar refractivity (Wildman–Crippen MR) is 60.4 cm³/mol. The lowest BCUT2D eigenvalue weighted by atomic mass is 10.0. The van der Waals surface area contributed by atoms with E-state index in [1.54, 1.807) is 6.92 Å². The molecular formula is C12H14N2O2. The van der Waals surface area contributed by atoms with Gasteiger partial charge in [-0.2, -0.15) is 0 Å². The molecule has 4 heteroatoms. The van der Waals surface area contributed by atoms with Crippen LogP contribution < -0.4 is 0 Å². The Morgan fingerprint density at radius 3 is 3.06 bits per heavy atom. The van der Waals surface area contributed by atoms with Gasteiger partial charge in [-0.25, -0.2) is 4.98 Å². The van der Waals surface area contributed by atoms with Crippen molar-refractivity contribution in [2.24, 2.45) is 5.92 Å². The number of carbonyl (C=O) groups is 1. The molecule has 0 radical (unpaired) electrons. The van der Waals surface area contributed by atoms with Crippen molar-refractivity contribution in [1.82, 2.24) is 9.38 Å². The zero-order valence-corrected chi connectivity index (χ0v) is 9.34. The van der Waals surface area contributed by atoms with Crippen molar-refractivity contribution in [3.63, 3.8) is 0 Å². The maximum atomic E-state index is 10.8. The van der Waals surface area contributed by atoms with Gasteiger partial charge in [-0.1, -0.05) is 6.92 Å². The molecule has 0 amide bonds. The monoisotopic (exact) mass is 218 g/mol. The summed E-state index contributed by atoms with van der Waals surface area (Å²) >= 11 is 0. The molecule has 84 valence electrons. The summed E-state index contributed by atoms with van der Waals surface area (Å²) in [4.78, 5) is 15.1. The first-order valence-electron chi connectivity index (χ1n) is 5.23. The predicted octanol–water partition coefficient (Wildman–Crippen LogP) is 1.91. The zero-order chi connectivity index (χ0) is 11.7. The topological polar surface area (TPSA) is 54.6 Å². The Kier molecular flexibility index (Phi) is 2.64. The summed E-state index contributed by atoms with van der Waals surface area (Å²) in [6.07, 6.45) is 4.40. The molecule has 0 aliphatic heterocycles. The molecule has 0 fully saturated rings. The summed E-state index contributed by atoms with van der Waals surface area (Å²) < 4.78 is 1.93. The minimum absolute atomic E-state index is 0.362. The Morgan fingerprint density at radius 2 is 2.38 bits per heavy atom. The van der Waals surface area contributed by atoms with Gasteiger partial charge in [-0.3, -0.25) is 4.79 Å². The number of hydrogen-bond donors (Lipinski definition) is 1. The van der Waals surface area contributed by atoms with Crippen molar-refractivity contribution in [3.8, 4) is 0 Å².